The zero-order valence-corrected chi connectivity index (χ0v) is 11.1. The molecule has 2 aromatic rings. The van der Waals surface area contributed by atoms with E-state index < -0.39 is 0 Å². The Hall–Kier alpha value is -2.42. The molecule has 100 valence electrons. The number of hydrogen-bond donors (Lipinski definition) is 0. The van der Waals surface area contributed by atoms with E-state index in [1.165, 1.54) is 5.56 Å². The minimum atomic E-state index is 0.00463. The molecule has 0 spiro atoms. The van der Waals surface area contributed by atoms with Crippen LogP contribution in [0.25, 0.3) is 11.1 Å². The first-order chi connectivity index (χ1) is 9.74. The van der Waals surface area contributed by atoms with Crippen LogP contribution >= 0.6 is 0 Å². The van der Waals surface area contributed by atoms with Crippen molar-refractivity contribution in [3.05, 3.63) is 58.7 Å². The van der Waals surface area contributed by atoms with Crippen molar-refractivity contribution in [1.82, 2.24) is 0 Å². The molecule has 0 aliphatic heterocycles. The highest BCUT2D eigenvalue weighted by molar-refractivity contribution is 5.84. The van der Waals surface area contributed by atoms with Gasteiger partial charge in [0.05, 0.1) is 0 Å². The number of aldehydes is 1. The maximum Gasteiger partial charge on any atom is 0.293 e. The average molecular weight is 266 g/mol. The van der Waals surface area contributed by atoms with E-state index in [4.69, 9.17) is 4.74 Å². The highest BCUT2D eigenvalue weighted by Gasteiger charge is 2.29. The third-order valence-corrected chi connectivity index (χ3v) is 3.79. The van der Waals surface area contributed by atoms with Crippen LogP contribution in [0.4, 0.5) is 0 Å². The van der Waals surface area contributed by atoms with Crippen molar-refractivity contribution in [2.24, 2.45) is 0 Å². The smallest absolute Gasteiger partial charge is 0.293 e. The average Bonchev–Trinajstić information content (AvgIpc) is 2.77. The number of aryl methyl sites for hydroxylation is 1. The first kappa shape index (κ1) is 12.6. The summed E-state index contributed by atoms with van der Waals surface area (Å²) in [4.78, 5) is 21.5. The van der Waals surface area contributed by atoms with Crippen molar-refractivity contribution in [1.29, 1.82) is 0 Å². The molecule has 20 heavy (non-hydrogen) atoms. The summed E-state index contributed by atoms with van der Waals surface area (Å²) in [5.41, 5.74) is 6.29. The van der Waals surface area contributed by atoms with Crippen molar-refractivity contribution in [3.8, 4) is 11.1 Å². The first-order valence-electron chi connectivity index (χ1n) is 6.50. The maximum atomic E-state index is 11.0. The first-order valence-corrected chi connectivity index (χ1v) is 6.50. The Morgan fingerprint density at radius 2 is 1.75 bits per heavy atom. The van der Waals surface area contributed by atoms with E-state index in [1.807, 2.05) is 25.1 Å². The Labute approximate surface area is 117 Å². The van der Waals surface area contributed by atoms with E-state index in [0.29, 0.717) is 18.6 Å². The molecule has 0 saturated heterocycles. The van der Waals surface area contributed by atoms with Crippen molar-refractivity contribution in [3.63, 3.8) is 0 Å². The predicted molar refractivity (Wildman–Crippen MR) is 75.9 cm³/mol. The quantitative estimate of drug-likeness (QED) is 0.799. The molecule has 0 fully saturated rings. The van der Waals surface area contributed by atoms with Gasteiger partial charge in [-0.1, -0.05) is 35.9 Å². The fraction of sp³-hybridized carbons (Fsp3) is 0.176. The van der Waals surface area contributed by atoms with E-state index in [2.05, 4.69) is 18.2 Å². The van der Waals surface area contributed by atoms with Gasteiger partial charge in [-0.05, 0) is 35.2 Å². The lowest BCUT2D eigenvalue weighted by molar-refractivity contribution is -0.128. The van der Waals surface area contributed by atoms with Crippen LogP contribution in [0.1, 0.15) is 33.0 Å². The molecule has 3 rings (SSSR count). The van der Waals surface area contributed by atoms with Gasteiger partial charge >= 0.3 is 0 Å². The molecule has 3 heteroatoms. The van der Waals surface area contributed by atoms with Gasteiger partial charge in [0, 0.05) is 11.5 Å². The van der Waals surface area contributed by atoms with Crippen LogP contribution in [0.5, 0.6) is 0 Å². The monoisotopic (exact) mass is 266 g/mol. The minimum absolute atomic E-state index is 0.00463. The zero-order valence-electron chi connectivity index (χ0n) is 11.1. The van der Waals surface area contributed by atoms with E-state index in [-0.39, 0.29) is 5.92 Å². The van der Waals surface area contributed by atoms with Crippen molar-refractivity contribution >= 4 is 12.8 Å². The second kappa shape index (κ2) is 4.93. The van der Waals surface area contributed by atoms with Gasteiger partial charge in [0.1, 0.15) is 12.9 Å². The fourth-order valence-corrected chi connectivity index (χ4v) is 2.89. The maximum absolute atomic E-state index is 11.0. The van der Waals surface area contributed by atoms with Crippen LogP contribution in [-0.4, -0.2) is 19.4 Å². The Morgan fingerprint density at radius 3 is 2.45 bits per heavy atom. The van der Waals surface area contributed by atoms with Gasteiger partial charge in [0.25, 0.3) is 6.47 Å². The molecule has 0 bridgehead atoms. The van der Waals surface area contributed by atoms with Gasteiger partial charge in [-0.25, -0.2) is 0 Å². The summed E-state index contributed by atoms with van der Waals surface area (Å²) >= 11 is 0. The number of benzene rings is 2. The molecular formula is C17H14O3. The number of carbonyl (C=O) groups is 2. The van der Waals surface area contributed by atoms with Crippen LogP contribution in [0.15, 0.2) is 36.4 Å². The molecule has 0 amide bonds. The second-order valence-corrected chi connectivity index (χ2v) is 5.04. The zero-order chi connectivity index (χ0) is 14.1. The van der Waals surface area contributed by atoms with Crippen LogP contribution in [0, 0.1) is 6.92 Å². The van der Waals surface area contributed by atoms with E-state index >= 15 is 0 Å². The molecule has 0 saturated carbocycles. The topological polar surface area (TPSA) is 43.4 Å². The van der Waals surface area contributed by atoms with E-state index in [0.717, 1.165) is 28.5 Å². The predicted octanol–water partition coefficient (Wildman–Crippen LogP) is 3.09. The van der Waals surface area contributed by atoms with Crippen molar-refractivity contribution < 1.29 is 14.3 Å². The van der Waals surface area contributed by atoms with Gasteiger partial charge < -0.3 is 4.74 Å². The molecule has 0 aromatic heterocycles. The highest BCUT2D eigenvalue weighted by Crippen LogP contribution is 2.45. The van der Waals surface area contributed by atoms with Gasteiger partial charge in [0.15, 0.2) is 0 Å². The molecule has 1 aliphatic rings. The Kier molecular flexibility index (Phi) is 3.11. The van der Waals surface area contributed by atoms with Crippen LogP contribution in [-0.2, 0) is 9.53 Å². The summed E-state index contributed by atoms with van der Waals surface area (Å²) in [5, 5.41) is 0. The molecular weight excluding hydrogens is 252 g/mol. The van der Waals surface area contributed by atoms with Crippen LogP contribution in [0.3, 0.4) is 0 Å². The summed E-state index contributed by atoms with van der Waals surface area (Å²) in [6.07, 6.45) is 0.839. The number of ether oxygens (including phenoxy) is 1. The molecule has 0 N–H and O–H groups in total. The molecule has 1 unspecified atom stereocenters. The SMILES string of the molecule is Cc1ccc2c(c1)C(COC=O)c1cc(C=O)ccc1-2. The lowest BCUT2D eigenvalue weighted by Gasteiger charge is -2.12. The van der Waals surface area contributed by atoms with Gasteiger partial charge in [-0.3, -0.25) is 9.59 Å². The second-order valence-electron chi connectivity index (χ2n) is 5.04. The third kappa shape index (κ3) is 1.92. The van der Waals surface area contributed by atoms with E-state index in [9.17, 15) is 9.59 Å². The third-order valence-electron chi connectivity index (χ3n) is 3.79. The van der Waals surface area contributed by atoms with Gasteiger partial charge in [0.2, 0.25) is 0 Å². The summed E-state index contributed by atoms with van der Waals surface area (Å²) in [7, 11) is 0. The summed E-state index contributed by atoms with van der Waals surface area (Å²) in [5.74, 6) is 0.00463. The van der Waals surface area contributed by atoms with Crippen molar-refractivity contribution in [2.45, 2.75) is 12.8 Å². The van der Waals surface area contributed by atoms with Gasteiger partial charge in [-0.15, -0.1) is 0 Å². The Morgan fingerprint density at radius 1 is 1.05 bits per heavy atom. The number of fused-ring (bicyclic) bond motifs is 3. The fourth-order valence-electron chi connectivity index (χ4n) is 2.89. The number of carbonyl (C=O) groups excluding carboxylic acids is 2. The Bertz CT molecular complexity index is 689. The molecule has 0 radical (unpaired) electrons. The van der Waals surface area contributed by atoms with E-state index in [1.54, 1.807) is 0 Å². The molecule has 1 atom stereocenters. The highest BCUT2D eigenvalue weighted by atomic mass is 16.5. The number of hydrogen-bond acceptors (Lipinski definition) is 3. The summed E-state index contributed by atoms with van der Waals surface area (Å²) < 4.78 is 4.98. The lowest BCUT2D eigenvalue weighted by atomic mass is 9.96. The lowest BCUT2D eigenvalue weighted by Crippen LogP contribution is -2.06. The van der Waals surface area contributed by atoms with Crippen molar-refractivity contribution in [2.75, 3.05) is 6.61 Å². The summed E-state index contributed by atoms with van der Waals surface area (Å²) in [6.45, 7) is 2.81. The Balaban J connectivity index is 2.17. The van der Waals surface area contributed by atoms with Crippen LogP contribution in [0.2, 0.25) is 0 Å². The molecule has 1 aliphatic carbocycles. The largest absolute Gasteiger partial charge is 0.467 e. The minimum Gasteiger partial charge on any atom is -0.467 e. The number of rotatable bonds is 4. The molecule has 0 heterocycles. The summed E-state index contributed by atoms with van der Waals surface area (Å²) in [6, 6.07) is 11.9. The van der Waals surface area contributed by atoms with Gasteiger partial charge in [-0.2, -0.15) is 0 Å². The normalized spacial score (nSPS) is 15.3. The van der Waals surface area contributed by atoms with Crippen LogP contribution < -0.4 is 0 Å². The molecule has 3 nitrogen and oxygen atoms in total. The molecule has 2 aromatic carbocycles. The standard InChI is InChI=1S/C17H14O3/c1-11-2-4-13-14-5-3-12(8-18)7-16(14)17(9-20-10-19)15(13)6-11/h2-8,10,17H,9H2,1H3.